The summed E-state index contributed by atoms with van der Waals surface area (Å²) < 4.78 is 17.4. The molecule has 0 N–H and O–H groups in total. The van der Waals surface area contributed by atoms with Crippen molar-refractivity contribution in [2.75, 3.05) is 44.4 Å². The van der Waals surface area contributed by atoms with Crippen LogP contribution in [0.15, 0.2) is 53.1 Å². The van der Waals surface area contributed by atoms with Gasteiger partial charge in [-0.1, -0.05) is 46.6 Å². The second-order valence-electron chi connectivity index (χ2n) is 9.47. The van der Waals surface area contributed by atoms with Crippen molar-refractivity contribution in [3.63, 3.8) is 0 Å². The molecule has 1 aromatic heterocycles. The Morgan fingerprint density at radius 3 is 2.57 bits per heavy atom. The molecule has 0 radical (unpaired) electrons. The molecule has 2 fully saturated rings. The Bertz CT molecular complexity index is 1150. The summed E-state index contributed by atoms with van der Waals surface area (Å²) in [7, 11) is 0. The monoisotopic (exact) mass is 475 g/mol. The van der Waals surface area contributed by atoms with E-state index < -0.39 is 0 Å². The van der Waals surface area contributed by atoms with Crippen molar-refractivity contribution < 1.29 is 18.8 Å². The molecule has 2 saturated heterocycles. The van der Waals surface area contributed by atoms with E-state index in [1.165, 1.54) is 0 Å². The molecule has 2 aliphatic heterocycles. The smallest absolute Gasteiger partial charge is 0.254 e. The van der Waals surface area contributed by atoms with Gasteiger partial charge in [-0.3, -0.25) is 4.79 Å². The van der Waals surface area contributed by atoms with Crippen LogP contribution in [-0.2, 0) is 16.0 Å². The normalized spacial score (nSPS) is 18.1. The van der Waals surface area contributed by atoms with Crippen molar-refractivity contribution in [2.45, 2.75) is 39.3 Å². The summed E-state index contributed by atoms with van der Waals surface area (Å²) in [4.78, 5) is 17.8. The maximum atomic E-state index is 13.7. The van der Waals surface area contributed by atoms with E-state index in [0.717, 1.165) is 66.4 Å². The minimum absolute atomic E-state index is 0.00943. The molecule has 2 aromatic carbocycles. The third-order valence-corrected chi connectivity index (χ3v) is 6.74. The van der Waals surface area contributed by atoms with Gasteiger partial charge in [0.2, 0.25) is 5.88 Å². The van der Waals surface area contributed by atoms with Gasteiger partial charge in [-0.15, -0.1) is 0 Å². The van der Waals surface area contributed by atoms with Crippen LogP contribution in [0.2, 0.25) is 0 Å². The number of carbonyl (C=O) groups excluding carboxylic acids is 1. The van der Waals surface area contributed by atoms with Crippen molar-refractivity contribution in [3.8, 4) is 11.3 Å². The molecule has 1 amide bonds. The van der Waals surface area contributed by atoms with Crippen molar-refractivity contribution in [3.05, 3.63) is 70.8 Å². The molecule has 0 spiro atoms. The van der Waals surface area contributed by atoms with Crippen LogP contribution >= 0.6 is 0 Å². The number of aromatic nitrogens is 1. The number of benzene rings is 2. The maximum absolute atomic E-state index is 13.7. The topological polar surface area (TPSA) is 68.0 Å². The summed E-state index contributed by atoms with van der Waals surface area (Å²) in [5.41, 5.74) is 5.65. The highest BCUT2D eigenvalue weighted by atomic mass is 16.5. The lowest BCUT2D eigenvalue weighted by molar-refractivity contribution is 0.0507. The molecule has 0 saturated carbocycles. The number of aryl methyl sites for hydroxylation is 2. The zero-order valence-electron chi connectivity index (χ0n) is 20.5. The van der Waals surface area contributed by atoms with Gasteiger partial charge in [0.15, 0.2) is 0 Å². The Balaban J connectivity index is 1.52. The van der Waals surface area contributed by atoms with Gasteiger partial charge in [-0.2, -0.15) is 0 Å². The summed E-state index contributed by atoms with van der Waals surface area (Å²) >= 11 is 0. The fourth-order valence-electron chi connectivity index (χ4n) is 4.80. The fraction of sp³-hybridized carbons (Fsp3) is 0.429. The molecule has 7 nitrogen and oxygen atoms in total. The van der Waals surface area contributed by atoms with E-state index in [-0.39, 0.29) is 12.0 Å². The molecule has 0 bridgehead atoms. The number of rotatable bonds is 7. The SMILES string of the molecule is Cc1ccc(C(=O)N(Cc2c(-c3cccc(C)c3)noc2N2CCOCC2)CC2CCCO2)cc1. The predicted molar refractivity (Wildman–Crippen MR) is 135 cm³/mol. The first kappa shape index (κ1) is 23.6. The van der Waals surface area contributed by atoms with E-state index in [1.807, 2.05) is 48.2 Å². The Morgan fingerprint density at radius 2 is 1.86 bits per heavy atom. The highest BCUT2D eigenvalue weighted by molar-refractivity contribution is 5.94. The number of hydrogen-bond donors (Lipinski definition) is 0. The highest BCUT2D eigenvalue weighted by Crippen LogP contribution is 2.34. The lowest BCUT2D eigenvalue weighted by Crippen LogP contribution is -2.39. The van der Waals surface area contributed by atoms with E-state index in [0.29, 0.717) is 31.9 Å². The molecule has 3 heterocycles. The lowest BCUT2D eigenvalue weighted by Gasteiger charge is -2.29. The van der Waals surface area contributed by atoms with Gasteiger partial charge in [0.1, 0.15) is 5.69 Å². The van der Waals surface area contributed by atoms with Gasteiger partial charge in [0.05, 0.1) is 31.4 Å². The van der Waals surface area contributed by atoms with Crippen molar-refractivity contribution in [1.82, 2.24) is 10.1 Å². The quantitative estimate of drug-likeness (QED) is 0.497. The van der Waals surface area contributed by atoms with E-state index in [2.05, 4.69) is 29.1 Å². The van der Waals surface area contributed by atoms with Crippen LogP contribution in [0.4, 0.5) is 5.88 Å². The van der Waals surface area contributed by atoms with Crippen molar-refractivity contribution >= 4 is 11.8 Å². The number of amides is 1. The number of hydrogen-bond acceptors (Lipinski definition) is 6. The number of anilines is 1. The first-order chi connectivity index (χ1) is 17.1. The van der Waals surface area contributed by atoms with E-state index in [4.69, 9.17) is 14.0 Å². The van der Waals surface area contributed by atoms with E-state index >= 15 is 0 Å². The van der Waals surface area contributed by atoms with Gasteiger partial charge in [-0.05, 0) is 44.9 Å². The number of nitrogens with zero attached hydrogens (tertiary/aromatic N) is 3. The number of morpholine rings is 1. The Labute approximate surface area is 206 Å². The van der Waals surface area contributed by atoms with E-state index in [9.17, 15) is 4.79 Å². The van der Waals surface area contributed by atoms with Crippen LogP contribution in [0.3, 0.4) is 0 Å². The first-order valence-corrected chi connectivity index (χ1v) is 12.4. The van der Waals surface area contributed by atoms with Crippen LogP contribution in [0.1, 0.15) is 39.9 Å². The second kappa shape index (κ2) is 10.6. The van der Waals surface area contributed by atoms with Gasteiger partial charge in [0.25, 0.3) is 5.91 Å². The van der Waals surface area contributed by atoms with Crippen molar-refractivity contribution in [2.24, 2.45) is 0 Å². The fourth-order valence-corrected chi connectivity index (χ4v) is 4.80. The van der Waals surface area contributed by atoms with Crippen LogP contribution in [0.25, 0.3) is 11.3 Å². The molecule has 0 aliphatic carbocycles. The Kier molecular flexibility index (Phi) is 7.16. The molecule has 1 unspecified atom stereocenters. The molecule has 1 atom stereocenters. The average molecular weight is 476 g/mol. The summed E-state index contributed by atoms with van der Waals surface area (Å²) in [6.07, 6.45) is 2.03. The third-order valence-electron chi connectivity index (χ3n) is 6.74. The molecular weight excluding hydrogens is 442 g/mol. The molecule has 3 aromatic rings. The zero-order chi connectivity index (χ0) is 24.2. The largest absolute Gasteiger partial charge is 0.378 e. The molecule has 184 valence electrons. The predicted octanol–water partition coefficient (Wildman–Crippen LogP) is 4.62. The highest BCUT2D eigenvalue weighted by Gasteiger charge is 2.30. The molecule has 2 aliphatic rings. The minimum atomic E-state index is -0.00943. The Hall–Kier alpha value is -3.16. The number of carbonyl (C=O) groups is 1. The van der Waals surface area contributed by atoms with Gasteiger partial charge < -0.3 is 23.8 Å². The van der Waals surface area contributed by atoms with Gasteiger partial charge >= 0.3 is 0 Å². The van der Waals surface area contributed by atoms with Crippen LogP contribution in [-0.4, -0.2) is 61.5 Å². The molecule has 5 rings (SSSR count). The van der Waals surface area contributed by atoms with Crippen molar-refractivity contribution in [1.29, 1.82) is 0 Å². The molecule has 7 heteroatoms. The lowest BCUT2D eigenvalue weighted by atomic mass is 10.0. The standard InChI is InChI=1S/C28H33N3O4/c1-20-8-10-22(11-9-20)27(32)31(18-24-7-4-14-34-24)19-25-26(23-6-3-5-21(2)17-23)29-35-28(25)30-12-15-33-16-13-30/h3,5-6,8-11,17,24H,4,7,12-16,18-19H2,1-2H3. The summed E-state index contributed by atoms with van der Waals surface area (Å²) in [5.74, 6) is 0.712. The number of ether oxygens (including phenoxy) is 2. The summed E-state index contributed by atoms with van der Waals surface area (Å²) in [5, 5.41) is 4.50. The maximum Gasteiger partial charge on any atom is 0.254 e. The summed E-state index contributed by atoms with van der Waals surface area (Å²) in [6.45, 7) is 8.51. The zero-order valence-corrected chi connectivity index (χ0v) is 20.5. The molecular formula is C28H33N3O4. The third kappa shape index (κ3) is 5.41. The van der Waals surface area contributed by atoms with Crippen LogP contribution < -0.4 is 4.90 Å². The first-order valence-electron chi connectivity index (χ1n) is 12.4. The summed E-state index contributed by atoms with van der Waals surface area (Å²) in [6, 6.07) is 16.0. The average Bonchev–Trinajstić information content (AvgIpc) is 3.54. The van der Waals surface area contributed by atoms with Crippen LogP contribution in [0, 0.1) is 13.8 Å². The minimum Gasteiger partial charge on any atom is -0.378 e. The Morgan fingerprint density at radius 1 is 1.06 bits per heavy atom. The second-order valence-corrected chi connectivity index (χ2v) is 9.47. The molecule has 35 heavy (non-hydrogen) atoms. The van der Waals surface area contributed by atoms with Gasteiger partial charge in [-0.25, -0.2) is 0 Å². The van der Waals surface area contributed by atoms with Crippen LogP contribution in [0.5, 0.6) is 0 Å². The van der Waals surface area contributed by atoms with Gasteiger partial charge in [0, 0.05) is 37.4 Å². The van der Waals surface area contributed by atoms with E-state index in [1.54, 1.807) is 0 Å².